The van der Waals surface area contributed by atoms with E-state index in [1.165, 1.54) is 13.8 Å². The van der Waals surface area contributed by atoms with Crippen molar-refractivity contribution in [3.05, 3.63) is 34.7 Å². The smallest absolute Gasteiger partial charge is 0.326 e. The minimum absolute atomic E-state index is 0.165. The van der Waals surface area contributed by atoms with Crippen molar-refractivity contribution < 1.29 is 28.7 Å². The van der Waals surface area contributed by atoms with E-state index >= 15 is 0 Å². The maximum atomic E-state index is 12.7. The monoisotopic (exact) mass is 400 g/mol. The molecule has 2 heterocycles. The lowest BCUT2D eigenvalue weighted by molar-refractivity contribution is -0.154. The predicted octanol–water partition coefficient (Wildman–Crippen LogP) is 1.90. The number of hydrogen-bond donors (Lipinski definition) is 1. The zero-order chi connectivity index (χ0) is 21.5. The molecule has 1 fully saturated rings. The van der Waals surface area contributed by atoms with Gasteiger partial charge in [-0.3, -0.25) is 28.9 Å². The SMILES string of the molecule is CC(=O)c1c(C)[nH]c(C(=O)[C@@H](C)OC(=O)CN2C(=O)[C@H]3CC=CC[C@H]3C2=O)c1C. The van der Waals surface area contributed by atoms with Crippen molar-refractivity contribution >= 4 is 29.4 Å². The van der Waals surface area contributed by atoms with Crippen LogP contribution in [0, 0.1) is 25.7 Å². The van der Waals surface area contributed by atoms with Crippen LogP contribution in [0.1, 0.15) is 58.8 Å². The quantitative estimate of drug-likeness (QED) is 0.338. The van der Waals surface area contributed by atoms with Crippen LogP contribution in [-0.2, 0) is 19.1 Å². The highest BCUT2D eigenvalue weighted by Gasteiger charge is 2.48. The van der Waals surface area contributed by atoms with Crippen molar-refractivity contribution in [2.75, 3.05) is 6.54 Å². The van der Waals surface area contributed by atoms with Crippen molar-refractivity contribution in [2.45, 2.75) is 46.6 Å². The Hall–Kier alpha value is -3.03. The number of nitrogens with zero attached hydrogens (tertiary/aromatic N) is 1. The molecule has 3 rings (SSSR count). The Bertz CT molecular complexity index is 915. The number of nitrogens with one attached hydrogen (secondary N) is 1. The van der Waals surface area contributed by atoms with Crippen LogP contribution >= 0.6 is 0 Å². The molecule has 1 N–H and O–H groups in total. The number of allylic oxidation sites excluding steroid dienone is 2. The Labute approximate surface area is 168 Å². The van der Waals surface area contributed by atoms with Gasteiger partial charge in [-0.05, 0) is 46.1 Å². The number of fused-ring (bicyclic) bond motifs is 1. The maximum absolute atomic E-state index is 12.7. The number of carbonyl (C=O) groups excluding carboxylic acids is 5. The number of ether oxygens (including phenoxy) is 1. The van der Waals surface area contributed by atoms with Crippen molar-refractivity contribution in [1.82, 2.24) is 9.88 Å². The molecular weight excluding hydrogens is 376 g/mol. The fourth-order valence-corrected chi connectivity index (χ4v) is 4.17. The summed E-state index contributed by atoms with van der Waals surface area (Å²) >= 11 is 0. The van der Waals surface area contributed by atoms with Crippen LogP contribution in [0.25, 0.3) is 0 Å². The molecule has 1 aromatic heterocycles. The lowest BCUT2D eigenvalue weighted by Crippen LogP contribution is -2.38. The first kappa shape index (κ1) is 20.7. The summed E-state index contributed by atoms with van der Waals surface area (Å²) in [5.74, 6) is -3.07. The Morgan fingerprint density at radius 3 is 2.17 bits per heavy atom. The highest BCUT2D eigenvalue weighted by atomic mass is 16.5. The first-order valence-corrected chi connectivity index (χ1v) is 9.57. The fourth-order valence-electron chi connectivity index (χ4n) is 4.17. The van der Waals surface area contributed by atoms with Gasteiger partial charge in [0.1, 0.15) is 6.54 Å². The summed E-state index contributed by atoms with van der Waals surface area (Å²) in [5, 5.41) is 0. The van der Waals surface area contributed by atoms with Crippen molar-refractivity contribution in [2.24, 2.45) is 11.8 Å². The fraction of sp³-hybridized carbons (Fsp3) is 0.476. The Balaban J connectivity index is 1.66. The molecule has 0 radical (unpaired) electrons. The van der Waals surface area contributed by atoms with Gasteiger partial charge >= 0.3 is 5.97 Å². The van der Waals surface area contributed by atoms with E-state index in [0.717, 1.165) is 4.90 Å². The molecule has 8 heteroatoms. The summed E-state index contributed by atoms with van der Waals surface area (Å²) < 4.78 is 5.19. The van der Waals surface area contributed by atoms with Crippen molar-refractivity contribution in [3.8, 4) is 0 Å². The predicted molar refractivity (Wildman–Crippen MR) is 102 cm³/mol. The number of aryl methyl sites for hydroxylation is 1. The number of amides is 2. The summed E-state index contributed by atoms with van der Waals surface area (Å²) in [6, 6.07) is 0. The number of Topliss-reactive ketones (excluding diaryl/α,β-unsaturated/α-hetero) is 2. The van der Waals surface area contributed by atoms with Gasteiger partial charge in [0.25, 0.3) is 0 Å². The van der Waals surface area contributed by atoms with Gasteiger partial charge < -0.3 is 9.72 Å². The molecule has 0 spiro atoms. The number of esters is 1. The molecule has 1 aliphatic carbocycles. The Morgan fingerprint density at radius 2 is 1.69 bits per heavy atom. The Kier molecular flexibility index (Phi) is 5.55. The van der Waals surface area contributed by atoms with Gasteiger partial charge in [-0.1, -0.05) is 12.2 Å². The molecular formula is C21H24N2O6. The molecule has 0 saturated carbocycles. The van der Waals surface area contributed by atoms with Crippen LogP contribution in [0.15, 0.2) is 12.2 Å². The van der Waals surface area contributed by atoms with Crippen LogP contribution < -0.4 is 0 Å². The summed E-state index contributed by atoms with van der Waals surface area (Å²) in [4.78, 5) is 65.4. The molecule has 2 aliphatic rings. The highest BCUT2D eigenvalue weighted by molar-refractivity contribution is 6.08. The molecule has 1 aromatic rings. The highest BCUT2D eigenvalue weighted by Crippen LogP contribution is 2.34. The molecule has 3 atom stereocenters. The first-order valence-electron chi connectivity index (χ1n) is 9.57. The minimum atomic E-state index is -1.13. The second-order valence-electron chi connectivity index (χ2n) is 7.60. The molecule has 8 nitrogen and oxygen atoms in total. The lowest BCUT2D eigenvalue weighted by Gasteiger charge is -2.16. The second-order valence-corrected chi connectivity index (χ2v) is 7.60. The van der Waals surface area contributed by atoms with Crippen LogP contribution in [-0.4, -0.2) is 51.9 Å². The van der Waals surface area contributed by atoms with Gasteiger partial charge in [-0.15, -0.1) is 0 Å². The minimum Gasteiger partial charge on any atom is -0.453 e. The summed E-state index contributed by atoms with van der Waals surface area (Å²) in [6.07, 6.45) is 3.57. The number of ketones is 2. The normalized spacial score (nSPS) is 21.9. The van der Waals surface area contributed by atoms with E-state index in [1.54, 1.807) is 13.8 Å². The van der Waals surface area contributed by atoms with E-state index in [2.05, 4.69) is 4.98 Å². The lowest BCUT2D eigenvalue weighted by atomic mass is 9.85. The topological polar surface area (TPSA) is 114 Å². The second kappa shape index (κ2) is 7.77. The molecule has 154 valence electrons. The number of likely N-dealkylation sites (tertiary alicyclic amines) is 1. The number of imide groups is 1. The van der Waals surface area contributed by atoms with E-state index < -0.39 is 36.2 Å². The van der Waals surface area contributed by atoms with Gasteiger partial charge in [0.15, 0.2) is 11.9 Å². The summed E-state index contributed by atoms with van der Waals surface area (Å²) in [6.45, 7) is 5.66. The molecule has 29 heavy (non-hydrogen) atoms. The number of H-pyrrole nitrogens is 1. The molecule has 1 aliphatic heterocycles. The number of hydrogen-bond acceptors (Lipinski definition) is 6. The summed E-state index contributed by atoms with van der Waals surface area (Å²) in [5.41, 5.74) is 1.72. The standard InChI is InChI=1S/C21H24N2O6/c1-10-17(12(3)24)11(2)22-18(10)19(26)13(4)29-16(25)9-23-20(27)14-7-5-6-8-15(14)21(23)28/h5-6,13-15,22H,7-9H2,1-4H3/t13-,14-,15+/m1/s1. The largest absolute Gasteiger partial charge is 0.453 e. The van der Waals surface area contributed by atoms with Crippen molar-refractivity contribution in [1.29, 1.82) is 0 Å². The maximum Gasteiger partial charge on any atom is 0.326 e. The molecule has 0 bridgehead atoms. The summed E-state index contributed by atoms with van der Waals surface area (Å²) in [7, 11) is 0. The van der Waals surface area contributed by atoms with Crippen LogP contribution in [0.2, 0.25) is 0 Å². The van der Waals surface area contributed by atoms with E-state index in [-0.39, 0.29) is 23.3 Å². The number of aromatic nitrogens is 1. The Morgan fingerprint density at radius 1 is 1.14 bits per heavy atom. The third kappa shape index (κ3) is 3.66. The number of rotatable bonds is 6. The molecule has 0 aromatic carbocycles. The van der Waals surface area contributed by atoms with Gasteiger partial charge in [-0.2, -0.15) is 0 Å². The van der Waals surface area contributed by atoms with Gasteiger partial charge in [-0.25, -0.2) is 0 Å². The van der Waals surface area contributed by atoms with Gasteiger partial charge in [0.05, 0.1) is 17.5 Å². The molecule has 0 unspecified atom stereocenters. The third-order valence-corrected chi connectivity index (χ3v) is 5.60. The van der Waals surface area contributed by atoms with Crippen LogP contribution in [0.4, 0.5) is 0 Å². The van der Waals surface area contributed by atoms with E-state index in [9.17, 15) is 24.0 Å². The first-order chi connectivity index (χ1) is 13.6. The number of carbonyl (C=O) groups is 5. The average Bonchev–Trinajstić information content (AvgIpc) is 3.09. The van der Waals surface area contributed by atoms with E-state index in [1.807, 2.05) is 12.2 Å². The van der Waals surface area contributed by atoms with Crippen molar-refractivity contribution in [3.63, 3.8) is 0 Å². The zero-order valence-electron chi connectivity index (χ0n) is 16.9. The van der Waals surface area contributed by atoms with E-state index in [0.29, 0.717) is 29.7 Å². The number of aromatic amines is 1. The van der Waals surface area contributed by atoms with E-state index in [4.69, 9.17) is 4.74 Å². The average molecular weight is 400 g/mol. The zero-order valence-corrected chi connectivity index (χ0v) is 16.9. The van der Waals surface area contributed by atoms with Crippen LogP contribution in [0.5, 0.6) is 0 Å². The van der Waals surface area contributed by atoms with Gasteiger partial charge in [0, 0.05) is 11.3 Å². The molecule has 1 saturated heterocycles. The van der Waals surface area contributed by atoms with Gasteiger partial charge in [0.2, 0.25) is 17.6 Å². The van der Waals surface area contributed by atoms with Crippen LogP contribution in [0.3, 0.4) is 0 Å². The third-order valence-electron chi connectivity index (χ3n) is 5.60. The molecule has 2 amide bonds.